The van der Waals surface area contributed by atoms with E-state index in [1.807, 2.05) is 29.9 Å². The summed E-state index contributed by atoms with van der Waals surface area (Å²) in [6.07, 6.45) is 3.65. The molecule has 0 fully saturated rings. The van der Waals surface area contributed by atoms with Crippen LogP contribution in [0.3, 0.4) is 0 Å². The summed E-state index contributed by atoms with van der Waals surface area (Å²) < 4.78 is 1.86. The Labute approximate surface area is 117 Å². The molecule has 1 atom stereocenters. The maximum absolute atomic E-state index is 11.0. The molecule has 2 aromatic rings. The predicted molar refractivity (Wildman–Crippen MR) is 77.7 cm³/mol. The Morgan fingerprint density at radius 1 is 1.50 bits per heavy atom. The van der Waals surface area contributed by atoms with Crippen molar-refractivity contribution >= 4 is 11.4 Å². The molecular formula is C14H18N4O2. The molecule has 20 heavy (non-hydrogen) atoms. The first-order chi connectivity index (χ1) is 9.56. The minimum Gasteiger partial charge on any atom is -0.379 e. The molecule has 0 bridgehead atoms. The van der Waals surface area contributed by atoms with Crippen LogP contribution in [0.15, 0.2) is 36.7 Å². The highest BCUT2D eigenvalue weighted by molar-refractivity contribution is 5.62. The molecule has 6 heteroatoms. The number of aryl methyl sites for hydroxylation is 1. The lowest BCUT2D eigenvalue weighted by atomic mass is 10.1. The maximum atomic E-state index is 11.0. The summed E-state index contributed by atoms with van der Waals surface area (Å²) in [7, 11) is 0. The van der Waals surface area contributed by atoms with Crippen LogP contribution < -0.4 is 5.32 Å². The number of nitrogens with zero attached hydrogens (tertiary/aromatic N) is 3. The van der Waals surface area contributed by atoms with Gasteiger partial charge < -0.3 is 5.32 Å². The zero-order chi connectivity index (χ0) is 14.5. The van der Waals surface area contributed by atoms with Gasteiger partial charge in [0.25, 0.3) is 5.69 Å². The first kappa shape index (κ1) is 14.0. The molecule has 0 radical (unpaired) electrons. The van der Waals surface area contributed by atoms with Crippen molar-refractivity contribution in [2.24, 2.45) is 5.92 Å². The Balaban J connectivity index is 1.98. The molecule has 1 N–H and O–H groups in total. The van der Waals surface area contributed by atoms with E-state index in [0.717, 1.165) is 12.1 Å². The molecule has 0 aliphatic rings. The van der Waals surface area contributed by atoms with Gasteiger partial charge in [-0.15, -0.1) is 0 Å². The predicted octanol–water partition coefficient (Wildman–Crippen LogP) is 2.85. The number of nitro benzene ring substituents is 1. The fourth-order valence-corrected chi connectivity index (χ4v) is 2.02. The van der Waals surface area contributed by atoms with Crippen LogP contribution in [0.1, 0.15) is 12.5 Å². The van der Waals surface area contributed by atoms with E-state index in [2.05, 4.69) is 17.3 Å². The number of hydrogen-bond donors (Lipinski definition) is 1. The van der Waals surface area contributed by atoms with Gasteiger partial charge >= 0.3 is 0 Å². The molecule has 0 aliphatic heterocycles. The largest absolute Gasteiger partial charge is 0.379 e. The zero-order valence-electron chi connectivity index (χ0n) is 11.6. The minimum absolute atomic E-state index is 0.122. The minimum atomic E-state index is -0.354. The van der Waals surface area contributed by atoms with Crippen LogP contribution in [-0.4, -0.2) is 21.2 Å². The second-order valence-corrected chi connectivity index (χ2v) is 4.99. The van der Waals surface area contributed by atoms with Crippen molar-refractivity contribution in [3.05, 3.63) is 52.3 Å². The number of hydrogen-bond acceptors (Lipinski definition) is 4. The summed E-state index contributed by atoms with van der Waals surface area (Å²) in [5, 5.41) is 18.3. The Morgan fingerprint density at radius 3 is 2.95 bits per heavy atom. The summed E-state index contributed by atoms with van der Waals surface area (Å²) in [5.74, 6) is 0.316. The topological polar surface area (TPSA) is 73.0 Å². The van der Waals surface area contributed by atoms with Gasteiger partial charge in [-0.2, -0.15) is 5.10 Å². The fourth-order valence-electron chi connectivity index (χ4n) is 2.02. The molecule has 6 nitrogen and oxygen atoms in total. The number of nitrogens with one attached hydrogen (secondary N) is 1. The number of anilines is 1. The molecule has 0 aliphatic carbocycles. The normalized spacial score (nSPS) is 12.1. The summed E-state index contributed by atoms with van der Waals surface area (Å²) in [6, 6.07) is 7.09. The van der Waals surface area contributed by atoms with E-state index in [0.29, 0.717) is 18.2 Å². The van der Waals surface area contributed by atoms with E-state index in [9.17, 15) is 10.1 Å². The molecule has 1 unspecified atom stereocenters. The van der Waals surface area contributed by atoms with Crippen molar-refractivity contribution in [2.75, 3.05) is 11.9 Å². The van der Waals surface area contributed by atoms with Gasteiger partial charge in [0.15, 0.2) is 0 Å². The maximum Gasteiger partial charge on any atom is 0.292 e. The SMILES string of the molecule is Cc1ccc(NCC(C)Cn2cccn2)c([N+](=O)[O-])c1. The quantitative estimate of drug-likeness (QED) is 0.649. The van der Waals surface area contributed by atoms with E-state index in [1.165, 1.54) is 0 Å². The lowest BCUT2D eigenvalue weighted by Gasteiger charge is -2.14. The Morgan fingerprint density at radius 2 is 2.30 bits per heavy atom. The van der Waals surface area contributed by atoms with Crippen molar-refractivity contribution in [3.8, 4) is 0 Å². The number of aromatic nitrogens is 2. The van der Waals surface area contributed by atoms with Gasteiger partial charge in [0, 0.05) is 31.5 Å². The van der Waals surface area contributed by atoms with Crippen LogP contribution in [0.4, 0.5) is 11.4 Å². The molecule has 106 valence electrons. The lowest BCUT2D eigenvalue weighted by molar-refractivity contribution is -0.384. The molecule has 0 spiro atoms. The van der Waals surface area contributed by atoms with Crippen LogP contribution in [0.5, 0.6) is 0 Å². The van der Waals surface area contributed by atoms with Gasteiger partial charge in [-0.3, -0.25) is 14.8 Å². The van der Waals surface area contributed by atoms with E-state index in [1.54, 1.807) is 18.3 Å². The van der Waals surface area contributed by atoms with Gasteiger partial charge in [0.1, 0.15) is 5.69 Å². The average Bonchev–Trinajstić information content (AvgIpc) is 2.90. The van der Waals surface area contributed by atoms with Crippen LogP contribution in [0.25, 0.3) is 0 Å². The molecule has 0 amide bonds. The van der Waals surface area contributed by atoms with Crippen LogP contribution in [0, 0.1) is 23.0 Å². The van der Waals surface area contributed by atoms with Gasteiger partial charge in [-0.1, -0.05) is 13.0 Å². The van der Waals surface area contributed by atoms with Crippen molar-refractivity contribution < 1.29 is 4.92 Å². The smallest absolute Gasteiger partial charge is 0.292 e. The first-order valence-electron chi connectivity index (χ1n) is 6.52. The first-order valence-corrected chi connectivity index (χ1v) is 6.52. The third kappa shape index (κ3) is 3.57. The average molecular weight is 274 g/mol. The van der Waals surface area contributed by atoms with Crippen LogP contribution in [-0.2, 0) is 6.54 Å². The molecule has 0 saturated heterocycles. The molecule has 1 aromatic heterocycles. The van der Waals surface area contributed by atoms with Crippen molar-refractivity contribution in [3.63, 3.8) is 0 Å². The standard InChI is InChI=1S/C14H18N4O2/c1-11-4-5-13(14(8-11)18(19)20)15-9-12(2)10-17-7-3-6-16-17/h3-8,12,15H,9-10H2,1-2H3. The zero-order valence-corrected chi connectivity index (χ0v) is 11.6. The summed E-state index contributed by atoms with van der Waals surface area (Å²) in [4.78, 5) is 10.7. The van der Waals surface area contributed by atoms with Gasteiger partial charge in [0.2, 0.25) is 0 Å². The number of nitro groups is 1. The van der Waals surface area contributed by atoms with Crippen LogP contribution in [0.2, 0.25) is 0 Å². The van der Waals surface area contributed by atoms with Crippen molar-refractivity contribution in [2.45, 2.75) is 20.4 Å². The van der Waals surface area contributed by atoms with E-state index < -0.39 is 0 Å². The summed E-state index contributed by atoms with van der Waals surface area (Å²) in [5.41, 5.74) is 1.57. The third-order valence-corrected chi connectivity index (χ3v) is 3.05. The third-order valence-electron chi connectivity index (χ3n) is 3.05. The van der Waals surface area contributed by atoms with Gasteiger partial charge in [0.05, 0.1) is 4.92 Å². The Bertz CT molecular complexity index is 581. The van der Waals surface area contributed by atoms with E-state index in [4.69, 9.17) is 0 Å². The van der Waals surface area contributed by atoms with Crippen molar-refractivity contribution in [1.29, 1.82) is 0 Å². The molecule has 1 aromatic carbocycles. The highest BCUT2D eigenvalue weighted by atomic mass is 16.6. The molecular weight excluding hydrogens is 256 g/mol. The molecule has 0 saturated carbocycles. The second kappa shape index (κ2) is 6.18. The summed E-state index contributed by atoms with van der Waals surface area (Å²) in [6.45, 7) is 5.36. The van der Waals surface area contributed by atoms with Gasteiger partial charge in [-0.25, -0.2) is 0 Å². The monoisotopic (exact) mass is 274 g/mol. The van der Waals surface area contributed by atoms with Crippen molar-refractivity contribution in [1.82, 2.24) is 9.78 Å². The highest BCUT2D eigenvalue weighted by Crippen LogP contribution is 2.25. The van der Waals surface area contributed by atoms with Crippen LogP contribution >= 0.6 is 0 Å². The molecule has 2 rings (SSSR count). The number of rotatable bonds is 6. The van der Waals surface area contributed by atoms with Gasteiger partial charge in [-0.05, 0) is 30.5 Å². The number of benzene rings is 1. The van der Waals surface area contributed by atoms with E-state index >= 15 is 0 Å². The Hall–Kier alpha value is -2.37. The second-order valence-electron chi connectivity index (χ2n) is 4.99. The lowest BCUT2D eigenvalue weighted by Crippen LogP contribution is -2.17. The fraction of sp³-hybridized carbons (Fsp3) is 0.357. The molecule has 1 heterocycles. The Kier molecular flexibility index (Phi) is 4.34. The van der Waals surface area contributed by atoms with E-state index in [-0.39, 0.29) is 10.6 Å². The highest BCUT2D eigenvalue weighted by Gasteiger charge is 2.14. The summed E-state index contributed by atoms with van der Waals surface area (Å²) >= 11 is 0.